The molecule has 25 heavy (non-hydrogen) atoms. The highest BCUT2D eigenvalue weighted by Gasteiger charge is 2.23. The molecule has 1 aromatic carbocycles. The highest BCUT2D eigenvalue weighted by molar-refractivity contribution is 9.10. The summed E-state index contributed by atoms with van der Waals surface area (Å²) in [4.78, 5) is 20.4. The van der Waals surface area contributed by atoms with Crippen LogP contribution in [0.25, 0.3) is 0 Å². The van der Waals surface area contributed by atoms with Gasteiger partial charge >= 0.3 is 6.09 Å². The van der Waals surface area contributed by atoms with E-state index in [0.717, 1.165) is 15.7 Å². The fourth-order valence-electron chi connectivity index (χ4n) is 2.60. The standard InChI is InChI=1S/C17H18BrN5O2/c1-3-25-17(24)22-13-8-12-15(16(19)21-13)23-14(9(2)20-12)10-5-4-6-11(18)7-10/h4-9,20H,3H2,1-2H3,(H3,19,21,22,24)/t9-/m0/s1. The van der Waals surface area contributed by atoms with Crippen LogP contribution in [0.1, 0.15) is 19.4 Å². The minimum atomic E-state index is -0.573. The molecule has 3 rings (SSSR count). The summed E-state index contributed by atoms with van der Waals surface area (Å²) in [6.07, 6.45) is -0.573. The van der Waals surface area contributed by atoms with Gasteiger partial charge in [-0.15, -0.1) is 0 Å². The number of hydrogen-bond acceptors (Lipinski definition) is 6. The lowest BCUT2D eigenvalue weighted by Gasteiger charge is -2.25. The Labute approximate surface area is 153 Å². The van der Waals surface area contributed by atoms with Gasteiger partial charge in [-0.2, -0.15) is 0 Å². The second-order valence-corrected chi connectivity index (χ2v) is 6.42. The maximum absolute atomic E-state index is 11.6. The Morgan fingerprint density at radius 2 is 2.24 bits per heavy atom. The molecule has 0 aliphatic carbocycles. The molecule has 0 unspecified atom stereocenters. The van der Waals surface area contributed by atoms with Crippen molar-refractivity contribution in [3.63, 3.8) is 0 Å². The molecule has 8 heteroatoms. The topological polar surface area (TPSA) is 102 Å². The van der Waals surface area contributed by atoms with Crippen LogP contribution in [-0.2, 0) is 4.74 Å². The molecule has 0 saturated carbocycles. The van der Waals surface area contributed by atoms with Gasteiger partial charge in [0.25, 0.3) is 0 Å². The van der Waals surface area contributed by atoms with Crippen molar-refractivity contribution in [1.29, 1.82) is 0 Å². The molecular formula is C17H18BrN5O2. The number of nitrogens with zero attached hydrogens (tertiary/aromatic N) is 2. The summed E-state index contributed by atoms with van der Waals surface area (Å²) in [7, 11) is 0. The van der Waals surface area contributed by atoms with E-state index >= 15 is 0 Å². The van der Waals surface area contributed by atoms with Gasteiger partial charge < -0.3 is 15.8 Å². The molecule has 2 aromatic rings. The van der Waals surface area contributed by atoms with Gasteiger partial charge in [-0.1, -0.05) is 28.1 Å². The van der Waals surface area contributed by atoms with Crippen LogP contribution in [0.5, 0.6) is 0 Å². The predicted molar refractivity (Wildman–Crippen MR) is 103 cm³/mol. The molecule has 1 aromatic heterocycles. The zero-order chi connectivity index (χ0) is 18.0. The summed E-state index contributed by atoms with van der Waals surface area (Å²) < 4.78 is 5.83. The zero-order valence-electron chi connectivity index (χ0n) is 13.8. The number of anilines is 3. The number of fused-ring (bicyclic) bond motifs is 1. The molecule has 1 atom stereocenters. The van der Waals surface area contributed by atoms with Crippen LogP contribution < -0.4 is 16.4 Å². The molecule has 1 aliphatic rings. The minimum absolute atomic E-state index is 0.0287. The fourth-order valence-corrected chi connectivity index (χ4v) is 3.00. The third-order valence-electron chi connectivity index (χ3n) is 3.66. The number of rotatable bonds is 3. The summed E-state index contributed by atoms with van der Waals surface area (Å²) in [6.45, 7) is 4.02. The van der Waals surface area contributed by atoms with E-state index in [1.54, 1.807) is 13.0 Å². The highest BCUT2D eigenvalue weighted by atomic mass is 79.9. The van der Waals surface area contributed by atoms with E-state index in [1.807, 2.05) is 31.2 Å². The number of nitrogens with one attached hydrogen (secondary N) is 2. The third-order valence-corrected chi connectivity index (χ3v) is 4.15. The van der Waals surface area contributed by atoms with Gasteiger partial charge in [0.2, 0.25) is 0 Å². The number of benzene rings is 1. The monoisotopic (exact) mass is 403 g/mol. The zero-order valence-corrected chi connectivity index (χ0v) is 15.4. The van der Waals surface area contributed by atoms with E-state index < -0.39 is 6.09 Å². The summed E-state index contributed by atoms with van der Waals surface area (Å²) in [5, 5.41) is 5.91. The number of carbonyl (C=O) groups is 1. The van der Waals surface area contributed by atoms with Gasteiger partial charge in [-0.3, -0.25) is 5.32 Å². The molecule has 0 bridgehead atoms. The van der Waals surface area contributed by atoms with Crippen molar-refractivity contribution in [2.75, 3.05) is 23.0 Å². The molecule has 0 fully saturated rings. The molecule has 7 nitrogen and oxygen atoms in total. The Hall–Kier alpha value is -2.61. The van der Waals surface area contributed by atoms with Crippen molar-refractivity contribution in [3.05, 3.63) is 40.4 Å². The summed E-state index contributed by atoms with van der Waals surface area (Å²) >= 11 is 3.48. The average Bonchev–Trinajstić information content (AvgIpc) is 2.54. The van der Waals surface area contributed by atoms with Crippen LogP contribution in [-0.4, -0.2) is 29.4 Å². The van der Waals surface area contributed by atoms with E-state index in [9.17, 15) is 4.79 Å². The van der Waals surface area contributed by atoms with Gasteiger partial charge in [0.05, 0.1) is 24.0 Å². The number of nitrogen functional groups attached to an aromatic ring is 1. The summed E-state index contributed by atoms with van der Waals surface area (Å²) in [5.41, 5.74) is 9.18. The molecule has 0 radical (unpaired) electrons. The van der Waals surface area contributed by atoms with E-state index in [2.05, 4.69) is 31.5 Å². The average molecular weight is 404 g/mol. The largest absolute Gasteiger partial charge is 0.450 e. The van der Waals surface area contributed by atoms with Crippen LogP contribution in [0.15, 0.2) is 39.8 Å². The Bertz CT molecular complexity index is 853. The second-order valence-electron chi connectivity index (χ2n) is 5.51. The van der Waals surface area contributed by atoms with Crippen LogP contribution in [0.3, 0.4) is 0 Å². The number of nitrogens with two attached hydrogens (primary N) is 1. The Morgan fingerprint density at radius 1 is 1.44 bits per heavy atom. The van der Waals surface area contributed by atoms with E-state index in [0.29, 0.717) is 17.2 Å². The first kappa shape index (κ1) is 17.2. The number of ether oxygens (including phenoxy) is 1. The Kier molecular flexibility index (Phi) is 4.89. The number of aliphatic imine (C=N–C) groups is 1. The lowest BCUT2D eigenvalue weighted by Crippen LogP contribution is -2.30. The summed E-state index contributed by atoms with van der Waals surface area (Å²) in [5.74, 6) is 0.548. The molecule has 130 valence electrons. The lowest BCUT2D eigenvalue weighted by molar-refractivity contribution is 0.168. The fraction of sp³-hybridized carbons (Fsp3) is 0.235. The molecule has 1 aliphatic heterocycles. The number of aromatic nitrogens is 1. The molecule has 0 saturated heterocycles. The first-order valence-corrected chi connectivity index (χ1v) is 8.62. The molecule has 2 heterocycles. The van der Waals surface area contributed by atoms with Crippen molar-refractivity contribution in [1.82, 2.24) is 4.98 Å². The Morgan fingerprint density at radius 3 is 2.96 bits per heavy atom. The van der Waals surface area contributed by atoms with Crippen molar-refractivity contribution < 1.29 is 9.53 Å². The maximum atomic E-state index is 11.6. The predicted octanol–water partition coefficient (Wildman–Crippen LogP) is 3.93. The van der Waals surface area contributed by atoms with Crippen molar-refractivity contribution in [3.8, 4) is 0 Å². The van der Waals surface area contributed by atoms with Crippen LogP contribution in [0, 0.1) is 0 Å². The molecular weight excluding hydrogens is 386 g/mol. The maximum Gasteiger partial charge on any atom is 0.412 e. The third kappa shape index (κ3) is 3.74. The van der Waals surface area contributed by atoms with E-state index in [-0.39, 0.29) is 18.5 Å². The van der Waals surface area contributed by atoms with Gasteiger partial charge in [-0.05, 0) is 31.5 Å². The lowest BCUT2D eigenvalue weighted by atomic mass is 10.0. The van der Waals surface area contributed by atoms with Crippen LogP contribution in [0.4, 0.5) is 27.8 Å². The van der Waals surface area contributed by atoms with Gasteiger partial charge in [0.15, 0.2) is 5.82 Å². The quantitative estimate of drug-likeness (QED) is 0.720. The smallest absolute Gasteiger partial charge is 0.412 e. The number of amides is 1. The molecule has 1 amide bonds. The van der Waals surface area contributed by atoms with Crippen molar-refractivity contribution in [2.45, 2.75) is 19.9 Å². The first-order valence-electron chi connectivity index (χ1n) is 7.83. The second kappa shape index (κ2) is 7.10. The molecule has 4 N–H and O–H groups in total. The SMILES string of the molecule is CCOC(=O)Nc1cc2c(c(N)n1)N=C(c1cccc(Br)c1)[C@H](C)N2. The minimum Gasteiger partial charge on any atom is -0.450 e. The van der Waals surface area contributed by atoms with E-state index in [4.69, 9.17) is 15.5 Å². The van der Waals surface area contributed by atoms with E-state index in [1.165, 1.54) is 0 Å². The van der Waals surface area contributed by atoms with Gasteiger partial charge in [-0.25, -0.2) is 14.8 Å². The van der Waals surface area contributed by atoms with Gasteiger partial charge in [0.1, 0.15) is 11.5 Å². The summed E-state index contributed by atoms with van der Waals surface area (Å²) in [6, 6.07) is 9.58. The number of hydrogen-bond donors (Lipinski definition) is 3. The Balaban J connectivity index is 1.97. The number of pyridine rings is 1. The van der Waals surface area contributed by atoms with Crippen LogP contribution in [0.2, 0.25) is 0 Å². The van der Waals surface area contributed by atoms with Crippen LogP contribution >= 0.6 is 15.9 Å². The van der Waals surface area contributed by atoms with Gasteiger partial charge in [0, 0.05) is 10.5 Å². The highest BCUT2D eigenvalue weighted by Crippen LogP contribution is 2.37. The van der Waals surface area contributed by atoms with Crippen molar-refractivity contribution >= 4 is 50.7 Å². The normalized spacial score (nSPS) is 15.6. The molecule has 0 spiro atoms. The van der Waals surface area contributed by atoms with Crippen molar-refractivity contribution in [2.24, 2.45) is 4.99 Å². The first-order chi connectivity index (χ1) is 12.0. The number of carbonyl (C=O) groups excluding carboxylic acids is 1. The number of halogens is 1.